The van der Waals surface area contributed by atoms with E-state index in [0.29, 0.717) is 18.4 Å². The Labute approximate surface area is 114 Å². The molecule has 0 saturated carbocycles. The average molecular weight is 262 g/mol. The molecule has 2 rings (SSSR count). The van der Waals surface area contributed by atoms with E-state index in [4.69, 9.17) is 10.5 Å². The Bertz CT molecular complexity index is 425. The highest BCUT2D eigenvalue weighted by Crippen LogP contribution is 2.15. The molecule has 0 atom stereocenters. The zero-order valence-corrected chi connectivity index (χ0v) is 11.5. The molecule has 19 heavy (non-hydrogen) atoms. The Kier molecular flexibility index (Phi) is 5.01. The van der Waals surface area contributed by atoms with Crippen LogP contribution in [0.25, 0.3) is 0 Å². The van der Waals surface area contributed by atoms with Gasteiger partial charge in [-0.15, -0.1) is 0 Å². The summed E-state index contributed by atoms with van der Waals surface area (Å²) in [4.78, 5) is 10.8. The molecule has 2 N–H and O–H groups in total. The normalized spacial score (nSPS) is 17.1. The van der Waals surface area contributed by atoms with Crippen molar-refractivity contribution in [3.63, 3.8) is 0 Å². The average Bonchev–Trinajstić information content (AvgIpc) is 2.74. The summed E-state index contributed by atoms with van der Waals surface area (Å²) in [5, 5.41) is 0. The van der Waals surface area contributed by atoms with Gasteiger partial charge in [0, 0.05) is 24.8 Å². The van der Waals surface area contributed by atoms with Crippen LogP contribution in [0.4, 0.5) is 0 Å². The van der Waals surface area contributed by atoms with Gasteiger partial charge in [-0.3, -0.25) is 0 Å². The molecule has 1 fully saturated rings. The Morgan fingerprint density at radius 2 is 2.11 bits per heavy atom. The Balaban J connectivity index is 2.00. The second kappa shape index (κ2) is 6.97. The van der Waals surface area contributed by atoms with Crippen molar-refractivity contribution >= 4 is 5.96 Å². The van der Waals surface area contributed by atoms with Gasteiger partial charge in [-0.2, -0.15) is 0 Å². The summed E-state index contributed by atoms with van der Waals surface area (Å²) in [5.41, 5.74) is 7.03. The van der Waals surface area contributed by atoms with E-state index in [-0.39, 0.29) is 0 Å². The number of aromatic nitrogens is 1. The molecule has 0 spiro atoms. The third kappa shape index (κ3) is 3.84. The molecule has 104 valence electrons. The molecule has 5 heteroatoms. The highest BCUT2D eigenvalue weighted by atomic mass is 16.5. The van der Waals surface area contributed by atoms with Crippen LogP contribution in [-0.2, 0) is 6.54 Å². The lowest BCUT2D eigenvalue weighted by atomic mass is 10.2. The highest BCUT2D eigenvalue weighted by molar-refractivity contribution is 5.78. The van der Waals surface area contributed by atoms with Gasteiger partial charge in [-0.1, -0.05) is 18.9 Å². The van der Waals surface area contributed by atoms with Crippen LogP contribution < -0.4 is 10.5 Å². The summed E-state index contributed by atoms with van der Waals surface area (Å²) in [7, 11) is 1.62. The van der Waals surface area contributed by atoms with Crippen molar-refractivity contribution in [1.29, 1.82) is 0 Å². The van der Waals surface area contributed by atoms with Crippen molar-refractivity contribution in [3.8, 4) is 5.88 Å². The standard InChI is InChI=1S/C14H22N4O/c1-19-13-12(7-6-8-16-13)11-17-14(15)18-9-4-2-3-5-10-18/h6-8H,2-5,9-11H2,1H3,(H2,15,17). The number of hydrogen-bond donors (Lipinski definition) is 1. The summed E-state index contributed by atoms with van der Waals surface area (Å²) in [5.74, 6) is 1.25. The van der Waals surface area contributed by atoms with Crippen LogP contribution in [0.15, 0.2) is 23.3 Å². The molecule has 1 aliphatic heterocycles. The Morgan fingerprint density at radius 1 is 1.37 bits per heavy atom. The topological polar surface area (TPSA) is 63.7 Å². The second-order valence-corrected chi connectivity index (χ2v) is 4.75. The summed E-state index contributed by atoms with van der Waals surface area (Å²) in [6.45, 7) is 2.54. The molecule has 1 aliphatic rings. The number of guanidine groups is 1. The van der Waals surface area contributed by atoms with Gasteiger partial charge in [0.1, 0.15) is 0 Å². The Morgan fingerprint density at radius 3 is 2.79 bits per heavy atom. The molecule has 1 saturated heterocycles. The van der Waals surface area contributed by atoms with Gasteiger partial charge >= 0.3 is 0 Å². The first-order valence-electron chi connectivity index (χ1n) is 6.84. The maximum Gasteiger partial charge on any atom is 0.218 e. The van der Waals surface area contributed by atoms with Crippen molar-refractivity contribution in [2.45, 2.75) is 32.2 Å². The van der Waals surface area contributed by atoms with Gasteiger partial charge in [0.05, 0.1) is 13.7 Å². The van der Waals surface area contributed by atoms with Crippen LogP contribution in [0.2, 0.25) is 0 Å². The molecule has 0 aromatic carbocycles. The molecule has 0 unspecified atom stereocenters. The SMILES string of the molecule is COc1ncccc1CN=C(N)N1CCCCCC1. The van der Waals surface area contributed by atoms with Crippen molar-refractivity contribution < 1.29 is 4.74 Å². The zero-order chi connectivity index (χ0) is 13.5. The lowest BCUT2D eigenvalue weighted by Crippen LogP contribution is -2.38. The minimum absolute atomic E-state index is 0.513. The van der Waals surface area contributed by atoms with E-state index >= 15 is 0 Å². The van der Waals surface area contributed by atoms with Gasteiger partial charge in [-0.25, -0.2) is 9.98 Å². The number of methoxy groups -OCH3 is 1. The number of hydrogen-bond acceptors (Lipinski definition) is 3. The first-order chi connectivity index (χ1) is 9.31. The molecule has 2 heterocycles. The molecule has 0 radical (unpaired) electrons. The maximum atomic E-state index is 6.07. The van der Waals surface area contributed by atoms with E-state index < -0.39 is 0 Å². The third-order valence-electron chi connectivity index (χ3n) is 3.38. The summed E-state index contributed by atoms with van der Waals surface area (Å²) < 4.78 is 5.21. The van der Waals surface area contributed by atoms with Gasteiger partial charge in [0.15, 0.2) is 5.96 Å². The fourth-order valence-electron chi connectivity index (χ4n) is 2.29. The summed E-state index contributed by atoms with van der Waals surface area (Å²) in [6.07, 6.45) is 6.70. The van der Waals surface area contributed by atoms with Gasteiger partial charge < -0.3 is 15.4 Å². The largest absolute Gasteiger partial charge is 0.481 e. The van der Waals surface area contributed by atoms with Gasteiger partial charge in [0.25, 0.3) is 0 Å². The summed E-state index contributed by atoms with van der Waals surface area (Å²) in [6, 6.07) is 3.85. The van der Waals surface area contributed by atoms with Crippen molar-refractivity contribution in [1.82, 2.24) is 9.88 Å². The van der Waals surface area contributed by atoms with Crippen molar-refractivity contribution in [2.24, 2.45) is 10.7 Å². The van der Waals surface area contributed by atoms with Gasteiger partial charge in [-0.05, 0) is 18.9 Å². The van der Waals surface area contributed by atoms with E-state index in [1.165, 1.54) is 25.7 Å². The maximum absolute atomic E-state index is 6.07. The van der Waals surface area contributed by atoms with Crippen LogP contribution in [-0.4, -0.2) is 36.0 Å². The van der Waals surface area contributed by atoms with E-state index in [0.717, 1.165) is 18.7 Å². The molecule has 5 nitrogen and oxygen atoms in total. The quantitative estimate of drug-likeness (QED) is 0.666. The predicted octanol–water partition coefficient (Wildman–Crippen LogP) is 1.78. The van der Waals surface area contributed by atoms with Crippen molar-refractivity contribution in [2.75, 3.05) is 20.2 Å². The molecule has 0 aliphatic carbocycles. The van der Waals surface area contributed by atoms with E-state index in [1.807, 2.05) is 12.1 Å². The van der Waals surface area contributed by atoms with Crippen LogP contribution in [0.5, 0.6) is 5.88 Å². The number of pyridine rings is 1. The minimum Gasteiger partial charge on any atom is -0.481 e. The molecule has 1 aromatic heterocycles. The smallest absolute Gasteiger partial charge is 0.218 e. The molecular formula is C14H22N4O. The molecular weight excluding hydrogens is 240 g/mol. The summed E-state index contributed by atoms with van der Waals surface area (Å²) >= 11 is 0. The Hall–Kier alpha value is -1.78. The van der Waals surface area contributed by atoms with E-state index in [1.54, 1.807) is 13.3 Å². The lowest BCUT2D eigenvalue weighted by molar-refractivity contribution is 0.392. The van der Waals surface area contributed by atoms with Crippen LogP contribution in [0.1, 0.15) is 31.2 Å². The monoisotopic (exact) mass is 262 g/mol. The first-order valence-corrected chi connectivity index (χ1v) is 6.84. The highest BCUT2D eigenvalue weighted by Gasteiger charge is 2.11. The number of ether oxygens (including phenoxy) is 1. The van der Waals surface area contributed by atoms with Crippen LogP contribution in [0, 0.1) is 0 Å². The molecule has 0 amide bonds. The molecule has 1 aromatic rings. The first kappa shape index (κ1) is 13.6. The minimum atomic E-state index is 0.513. The number of nitrogens with two attached hydrogens (primary N) is 1. The second-order valence-electron chi connectivity index (χ2n) is 4.75. The fourth-order valence-corrected chi connectivity index (χ4v) is 2.29. The predicted molar refractivity (Wildman–Crippen MR) is 76.2 cm³/mol. The van der Waals surface area contributed by atoms with Crippen LogP contribution >= 0.6 is 0 Å². The van der Waals surface area contributed by atoms with E-state index in [9.17, 15) is 0 Å². The number of likely N-dealkylation sites (tertiary alicyclic amines) is 1. The van der Waals surface area contributed by atoms with Gasteiger partial charge in [0.2, 0.25) is 5.88 Å². The zero-order valence-electron chi connectivity index (χ0n) is 11.5. The molecule has 0 bridgehead atoms. The number of rotatable bonds is 3. The fraction of sp³-hybridized carbons (Fsp3) is 0.571. The van der Waals surface area contributed by atoms with Crippen LogP contribution in [0.3, 0.4) is 0 Å². The van der Waals surface area contributed by atoms with E-state index in [2.05, 4.69) is 14.9 Å². The number of nitrogens with zero attached hydrogens (tertiary/aromatic N) is 3. The number of aliphatic imine (C=N–C) groups is 1. The third-order valence-corrected chi connectivity index (χ3v) is 3.38. The lowest BCUT2D eigenvalue weighted by Gasteiger charge is -2.21. The van der Waals surface area contributed by atoms with Crippen molar-refractivity contribution in [3.05, 3.63) is 23.9 Å².